The molecular formula is C12H14O. The van der Waals surface area contributed by atoms with Crippen molar-refractivity contribution in [3.8, 4) is 12.3 Å². The zero-order chi connectivity index (χ0) is 10.3. The Kier molecular flexibility index (Phi) is 5.30. The van der Waals surface area contributed by atoms with Gasteiger partial charge in [-0.25, -0.2) is 0 Å². The monoisotopic (exact) mass is 174 g/mol. The molecule has 0 unspecified atom stereocenters. The van der Waals surface area contributed by atoms with Gasteiger partial charge < -0.3 is 0 Å². The van der Waals surface area contributed by atoms with Crippen LogP contribution in [0.2, 0.25) is 0 Å². The lowest BCUT2D eigenvalue weighted by Gasteiger charge is -1.93. The van der Waals surface area contributed by atoms with Crippen molar-refractivity contribution in [2.24, 2.45) is 0 Å². The van der Waals surface area contributed by atoms with Crippen LogP contribution < -0.4 is 0 Å². The number of hydrogen-bond acceptors (Lipinski definition) is 1. The molecule has 1 nitrogen and oxygen atoms in total. The molecule has 0 spiro atoms. The Labute approximate surface area is 79.8 Å². The number of terminal acetylenes is 1. The Morgan fingerprint density at radius 2 is 1.69 bits per heavy atom. The Morgan fingerprint density at radius 3 is 2.00 bits per heavy atom. The summed E-state index contributed by atoms with van der Waals surface area (Å²) in [5, 5.41) is 0. The predicted molar refractivity (Wildman–Crippen MR) is 55.7 cm³/mol. The summed E-state index contributed by atoms with van der Waals surface area (Å²) in [5.74, 6) is 2.55. The van der Waals surface area contributed by atoms with Crippen molar-refractivity contribution in [3.05, 3.63) is 35.4 Å². The van der Waals surface area contributed by atoms with Gasteiger partial charge in [-0.15, -0.1) is 6.42 Å². The van der Waals surface area contributed by atoms with Gasteiger partial charge in [-0.2, -0.15) is 0 Å². The maximum atomic E-state index is 10.8. The highest BCUT2D eigenvalue weighted by Gasteiger charge is 1.96. The van der Waals surface area contributed by atoms with Gasteiger partial charge in [0.2, 0.25) is 0 Å². The largest absolute Gasteiger partial charge is 0.295 e. The quantitative estimate of drug-likeness (QED) is 0.472. The third-order valence-corrected chi connectivity index (χ3v) is 1.46. The van der Waals surface area contributed by atoms with Gasteiger partial charge in [0, 0.05) is 11.1 Å². The summed E-state index contributed by atoms with van der Waals surface area (Å²) < 4.78 is 0. The Balaban J connectivity index is 0.000000671. The SMILES string of the molecule is C#Cc1ccc(C(C)=O)cc1.CC. The summed E-state index contributed by atoms with van der Waals surface area (Å²) in [7, 11) is 0. The standard InChI is InChI=1S/C10H8O.C2H6/c1-3-9-4-6-10(7-5-9)8(2)11;1-2/h1,4-7H,2H3;1-2H3. The molecular weight excluding hydrogens is 160 g/mol. The number of carbonyl (C=O) groups excluding carboxylic acids is 1. The third kappa shape index (κ3) is 3.57. The molecule has 1 aromatic rings. The minimum absolute atomic E-state index is 0.0635. The molecule has 0 radical (unpaired) electrons. The number of benzene rings is 1. The van der Waals surface area contributed by atoms with Crippen molar-refractivity contribution in [2.45, 2.75) is 20.8 Å². The van der Waals surface area contributed by atoms with E-state index in [-0.39, 0.29) is 5.78 Å². The molecule has 0 bridgehead atoms. The molecule has 0 aliphatic heterocycles. The number of hydrogen-bond donors (Lipinski definition) is 0. The van der Waals surface area contributed by atoms with Gasteiger partial charge in [0.05, 0.1) is 0 Å². The van der Waals surface area contributed by atoms with Crippen LogP contribution in [0.25, 0.3) is 0 Å². The van der Waals surface area contributed by atoms with Crippen LogP contribution in [0.4, 0.5) is 0 Å². The van der Waals surface area contributed by atoms with Gasteiger partial charge in [0.25, 0.3) is 0 Å². The van der Waals surface area contributed by atoms with E-state index in [9.17, 15) is 4.79 Å². The van der Waals surface area contributed by atoms with Crippen LogP contribution in [0.1, 0.15) is 36.7 Å². The first-order chi connectivity index (χ1) is 6.24. The molecule has 0 aliphatic rings. The summed E-state index contributed by atoms with van der Waals surface area (Å²) in [5.41, 5.74) is 1.50. The Morgan fingerprint density at radius 1 is 1.23 bits per heavy atom. The van der Waals surface area contributed by atoms with Gasteiger partial charge in [-0.3, -0.25) is 4.79 Å². The lowest BCUT2D eigenvalue weighted by Crippen LogP contribution is -1.90. The molecule has 0 N–H and O–H groups in total. The maximum Gasteiger partial charge on any atom is 0.159 e. The first-order valence-corrected chi connectivity index (χ1v) is 4.31. The smallest absolute Gasteiger partial charge is 0.159 e. The second-order valence-electron chi connectivity index (χ2n) is 2.28. The molecule has 0 aromatic heterocycles. The Hall–Kier alpha value is -1.55. The van der Waals surface area contributed by atoms with E-state index in [2.05, 4.69) is 5.92 Å². The van der Waals surface area contributed by atoms with Crippen LogP contribution in [0.3, 0.4) is 0 Å². The van der Waals surface area contributed by atoms with Crippen molar-refractivity contribution < 1.29 is 4.79 Å². The average Bonchev–Trinajstić information content (AvgIpc) is 2.21. The van der Waals surface area contributed by atoms with Crippen LogP contribution >= 0.6 is 0 Å². The third-order valence-electron chi connectivity index (χ3n) is 1.46. The normalized spacial score (nSPS) is 7.85. The number of rotatable bonds is 1. The summed E-state index contributed by atoms with van der Waals surface area (Å²) in [6, 6.07) is 6.99. The fourth-order valence-corrected chi connectivity index (χ4v) is 0.801. The molecule has 0 aliphatic carbocycles. The summed E-state index contributed by atoms with van der Waals surface area (Å²) in [4.78, 5) is 10.8. The van der Waals surface area contributed by atoms with Crippen LogP contribution in [0, 0.1) is 12.3 Å². The molecule has 0 fully saturated rings. The number of ketones is 1. The molecule has 0 amide bonds. The average molecular weight is 174 g/mol. The van der Waals surface area contributed by atoms with Crippen molar-refractivity contribution in [3.63, 3.8) is 0 Å². The van der Waals surface area contributed by atoms with E-state index in [0.717, 1.165) is 5.56 Å². The first-order valence-electron chi connectivity index (χ1n) is 4.31. The van der Waals surface area contributed by atoms with Crippen LogP contribution in [0.15, 0.2) is 24.3 Å². The van der Waals surface area contributed by atoms with Gasteiger partial charge in [-0.05, 0) is 19.1 Å². The minimum atomic E-state index is 0.0635. The van der Waals surface area contributed by atoms with E-state index in [0.29, 0.717) is 5.56 Å². The number of Topliss-reactive ketones (excluding diaryl/α,β-unsaturated/α-hetero) is 1. The molecule has 1 heteroatoms. The highest BCUT2D eigenvalue weighted by atomic mass is 16.1. The summed E-state index contributed by atoms with van der Waals surface area (Å²) in [6.07, 6.45) is 5.14. The van der Waals surface area contributed by atoms with E-state index in [1.165, 1.54) is 6.92 Å². The van der Waals surface area contributed by atoms with Crippen LogP contribution in [-0.4, -0.2) is 5.78 Å². The second-order valence-corrected chi connectivity index (χ2v) is 2.28. The lowest BCUT2D eigenvalue weighted by molar-refractivity contribution is 0.101. The van der Waals surface area contributed by atoms with Gasteiger partial charge in [-0.1, -0.05) is 31.9 Å². The summed E-state index contributed by atoms with van der Waals surface area (Å²) >= 11 is 0. The topological polar surface area (TPSA) is 17.1 Å². The van der Waals surface area contributed by atoms with Crippen LogP contribution in [-0.2, 0) is 0 Å². The fourth-order valence-electron chi connectivity index (χ4n) is 0.801. The molecule has 1 aromatic carbocycles. The number of carbonyl (C=O) groups is 1. The van der Waals surface area contributed by atoms with E-state index in [1.54, 1.807) is 24.3 Å². The zero-order valence-electron chi connectivity index (χ0n) is 8.29. The van der Waals surface area contributed by atoms with Crippen molar-refractivity contribution in [1.82, 2.24) is 0 Å². The Bertz CT molecular complexity index is 301. The van der Waals surface area contributed by atoms with Gasteiger partial charge in [0.15, 0.2) is 5.78 Å². The second kappa shape index (κ2) is 6.02. The fraction of sp³-hybridized carbons (Fsp3) is 0.250. The van der Waals surface area contributed by atoms with E-state index < -0.39 is 0 Å². The van der Waals surface area contributed by atoms with Crippen molar-refractivity contribution in [2.75, 3.05) is 0 Å². The molecule has 0 saturated heterocycles. The molecule has 0 atom stereocenters. The predicted octanol–water partition coefficient (Wildman–Crippen LogP) is 2.90. The molecule has 0 heterocycles. The van der Waals surface area contributed by atoms with Crippen molar-refractivity contribution in [1.29, 1.82) is 0 Å². The van der Waals surface area contributed by atoms with E-state index in [1.807, 2.05) is 13.8 Å². The highest BCUT2D eigenvalue weighted by Crippen LogP contribution is 2.03. The molecule has 1 rings (SSSR count). The van der Waals surface area contributed by atoms with Gasteiger partial charge in [0.1, 0.15) is 0 Å². The summed E-state index contributed by atoms with van der Waals surface area (Å²) in [6.45, 7) is 5.53. The van der Waals surface area contributed by atoms with E-state index in [4.69, 9.17) is 6.42 Å². The van der Waals surface area contributed by atoms with Crippen LogP contribution in [0.5, 0.6) is 0 Å². The highest BCUT2D eigenvalue weighted by molar-refractivity contribution is 5.94. The molecule has 13 heavy (non-hydrogen) atoms. The van der Waals surface area contributed by atoms with Gasteiger partial charge >= 0.3 is 0 Å². The molecule has 0 saturated carbocycles. The first kappa shape index (κ1) is 11.4. The minimum Gasteiger partial charge on any atom is -0.295 e. The maximum absolute atomic E-state index is 10.8. The van der Waals surface area contributed by atoms with Crippen molar-refractivity contribution >= 4 is 5.78 Å². The zero-order valence-corrected chi connectivity index (χ0v) is 8.29. The van der Waals surface area contributed by atoms with E-state index >= 15 is 0 Å². The lowest BCUT2D eigenvalue weighted by atomic mass is 10.1. The molecule has 68 valence electrons.